The lowest BCUT2D eigenvalue weighted by atomic mass is 9.99. The number of aromatic nitrogens is 3. The fourth-order valence-electron chi connectivity index (χ4n) is 3.87. The summed E-state index contributed by atoms with van der Waals surface area (Å²) >= 11 is 4.61. The summed E-state index contributed by atoms with van der Waals surface area (Å²) in [4.78, 5) is 19.7. The number of amides is 1. The number of thioether (sulfide) groups is 1. The summed E-state index contributed by atoms with van der Waals surface area (Å²) in [6, 6.07) is 15.9. The number of likely N-dealkylation sites (tertiary alicyclic amines) is 1. The summed E-state index contributed by atoms with van der Waals surface area (Å²) in [5, 5.41) is 13.5. The summed E-state index contributed by atoms with van der Waals surface area (Å²) in [5.41, 5.74) is 1.88. The first-order chi connectivity index (χ1) is 16.2. The number of ether oxygens (including phenoxy) is 1. The molecule has 0 saturated carbocycles. The van der Waals surface area contributed by atoms with Crippen molar-refractivity contribution in [2.24, 2.45) is 0 Å². The van der Waals surface area contributed by atoms with Gasteiger partial charge < -0.3 is 15.0 Å². The number of carbonyl (C=O) groups is 1. The van der Waals surface area contributed by atoms with E-state index in [0.717, 1.165) is 52.2 Å². The highest BCUT2D eigenvalue weighted by Crippen LogP contribution is 2.34. The number of thiazole rings is 1. The lowest BCUT2D eigenvalue weighted by molar-refractivity contribution is -0.129. The highest BCUT2D eigenvalue weighted by atomic mass is 32.2. The molecule has 1 atom stereocenters. The van der Waals surface area contributed by atoms with Crippen molar-refractivity contribution in [2.75, 3.05) is 31.3 Å². The molecule has 0 spiro atoms. The van der Waals surface area contributed by atoms with E-state index in [1.54, 1.807) is 18.4 Å². The number of methoxy groups -OCH3 is 1. The van der Waals surface area contributed by atoms with Crippen LogP contribution in [0.25, 0.3) is 10.2 Å². The molecule has 1 amide bonds. The average Bonchev–Trinajstić information content (AvgIpc) is 3.50. The molecule has 0 radical (unpaired) electrons. The summed E-state index contributed by atoms with van der Waals surface area (Å²) in [7, 11) is 1.63. The fraction of sp³-hybridized carbons (Fsp3) is 0.304. The molecule has 1 saturated heterocycles. The Morgan fingerprint density at radius 2 is 2.03 bits per heavy atom. The highest BCUT2D eigenvalue weighted by Gasteiger charge is 2.27. The van der Waals surface area contributed by atoms with E-state index in [4.69, 9.17) is 9.72 Å². The van der Waals surface area contributed by atoms with Crippen LogP contribution in [0.2, 0.25) is 0 Å². The molecule has 1 aliphatic rings. The molecular weight excluding hydrogens is 474 g/mol. The summed E-state index contributed by atoms with van der Waals surface area (Å²) < 4.78 is 7.34. The molecule has 1 fully saturated rings. The van der Waals surface area contributed by atoms with Crippen molar-refractivity contribution in [3.63, 3.8) is 0 Å². The quantitative estimate of drug-likeness (QED) is 0.343. The number of piperidine rings is 1. The van der Waals surface area contributed by atoms with E-state index in [9.17, 15) is 4.79 Å². The standard InChI is InChI=1S/C23H23N5O2S3/c1-30-18-10-4-2-8-16(18)25-22-26-27-23(33-22)31-14-20(29)28-12-6-7-15(13-28)21-24-17-9-3-5-11-19(17)32-21/h2-5,8-11,15H,6-7,12-14H2,1H3,(H,25,26)/t15-/m1/s1. The Labute approximate surface area is 204 Å². The van der Waals surface area contributed by atoms with Crippen LogP contribution in [0, 0.1) is 0 Å². The number of rotatable bonds is 7. The Balaban J connectivity index is 1.17. The Hall–Kier alpha value is -2.69. The van der Waals surface area contributed by atoms with Crippen molar-refractivity contribution in [1.29, 1.82) is 0 Å². The van der Waals surface area contributed by atoms with E-state index >= 15 is 0 Å². The van der Waals surface area contributed by atoms with E-state index in [1.165, 1.54) is 27.8 Å². The van der Waals surface area contributed by atoms with Gasteiger partial charge in [-0.15, -0.1) is 21.5 Å². The van der Waals surface area contributed by atoms with Gasteiger partial charge in [0.2, 0.25) is 11.0 Å². The van der Waals surface area contributed by atoms with Crippen LogP contribution in [0.4, 0.5) is 10.8 Å². The molecule has 3 heterocycles. The third kappa shape index (κ3) is 5.13. The predicted molar refractivity (Wildman–Crippen MR) is 135 cm³/mol. The van der Waals surface area contributed by atoms with Gasteiger partial charge in [0.1, 0.15) is 5.75 Å². The van der Waals surface area contributed by atoms with Gasteiger partial charge in [-0.2, -0.15) is 0 Å². The summed E-state index contributed by atoms with van der Waals surface area (Å²) in [5.74, 6) is 1.55. The number of hydrogen-bond acceptors (Lipinski definition) is 9. The first kappa shape index (κ1) is 22.1. The molecule has 5 rings (SSSR count). The molecule has 0 unspecified atom stereocenters. The maximum atomic E-state index is 12.9. The minimum absolute atomic E-state index is 0.139. The third-order valence-electron chi connectivity index (χ3n) is 5.51. The van der Waals surface area contributed by atoms with Gasteiger partial charge >= 0.3 is 0 Å². The topological polar surface area (TPSA) is 80.2 Å². The lowest BCUT2D eigenvalue weighted by Crippen LogP contribution is -2.40. The van der Waals surface area contributed by atoms with Gasteiger partial charge in [-0.3, -0.25) is 4.79 Å². The molecule has 4 aromatic rings. The second kappa shape index (κ2) is 10.1. The molecule has 0 aliphatic carbocycles. The first-order valence-corrected chi connectivity index (χ1v) is 13.3. The second-order valence-corrected chi connectivity index (χ2v) is 10.9. The number of fused-ring (bicyclic) bond motifs is 1. The van der Waals surface area contributed by atoms with Crippen LogP contribution < -0.4 is 10.1 Å². The molecule has 2 aromatic carbocycles. The third-order valence-corrected chi connectivity index (χ3v) is 8.66. The van der Waals surface area contributed by atoms with Gasteiger partial charge in [-0.25, -0.2) is 4.98 Å². The Kier molecular flexibility index (Phi) is 6.75. The zero-order chi connectivity index (χ0) is 22.6. The maximum Gasteiger partial charge on any atom is 0.233 e. The molecule has 1 aliphatic heterocycles. The molecule has 0 bridgehead atoms. The van der Waals surface area contributed by atoms with Crippen LogP contribution in [0.1, 0.15) is 23.8 Å². The lowest BCUT2D eigenvalue weighted by Gasteiger charge is -2.31. The van der Waals surface area contributed by atoms with Crippen molar-refractivity contribution in [3.05, 3.63) is 53.5 Å². The molecule has 7 nitrogen and oxygen atoms in total. The number of nitrogens with one attached hydrogen (secondary N) is 1. The van der Waals surface area contributed by atoms with E-state index in [1.807, 2.05) is 41.3 Å². The number of anilines is 2. The van der Waals surface area contributed by atoms with Gasteiger partial charge in [-0.05, 0) is 37.1 Å². The van der Waals surface area contributed by atoms with Gasteiger partial charge in [0.05, 0.1) is 33.8 Å². The Bertz CT molecular complexity index is 1220. The van der Waals surface area contributed by atoms with Gasteiger partial charge in [0.15, 0.2) is 4.34 Å². The van der Waals surface area contributed by atoms with Crippen LogP contribution in [-0.2, 0) is 4.79 Å². The number of benzene rings is 2. The Morgan fingerprint density at radius 1 is 1.18 bits per heavy atom. The SMILES string of the molecule is COc1ccccc1Nc1nnc(SCC(=O)N2CCC[C@@H](c3nc4ccccc4s3)C2)s1. The molecule has 10 heteroatoms. The van der Waals surface area contributed by atoms with Crippen molar-refractivity contribution in [3.8, 4) is 5.75 Å². The van der Waals surface area contributed by atoms with E-state index in [0.29, 0.717) is 16.8 Å². The second-order valence-electron chi connectivity index (χ2n) is 7.69. The summed E-state index contributed by atoms with van der Waals surface area (Å²) in [6.45, 7) is 1.54. The predicted octanol–water partition coefficient (Wildman–Crippen LogP) is 5.40. The van der Waals surface area contributed by atoms with Gasteiger partial charge in [0.25, 0.3) is 0 Å². The Morgan fingerprint density at radius 3 is 2.91 bits per heavy atom. The maximum absolute atomic E-state index is 12.9. The minimum atomic E-state index is 0.139. The largest absolute Gasteiger partial charge is 0.495 e. The molecule has 170 valence electrons. The van der Waals surface area contributed by atoms with Crippen molar-refractivity contribution < 1.29 is 9.53 Å². The highest BCUT2D eigenvalue weighted by molar-refractivity contribution is 8.01. The van der Waals surface area contributed by atoms with E-state index < -0.39 is 0 Å². The summed E-state index contributed by atoms with van der Waals surface area (Å²) in [6.07, 6.45) is 2.08. The zero-order valence-electron chi connectivity index (χ0n) is 18.1. The minimum Gasteiger partial charge on any atom is -0.495 e. The van der Waals surface area contributed by atoms with Crippen LogP contribution in [0.15, 0.2) is 52.9 Å². The van der Waals surface area contributed by atoms with E-state index in [-0.39, 0.29) is 5.91 Å². The normalized spacial score (nSPS) is 16.2. The molecular formula is C23H23N5O2S3. The number of nitrogens with zero attached hydrogens (tertiary/aromatic N) is 4. The average molecular weight is 498 g/mol. The van der Waals surface area contributed by atoms with Crippen molar-refractivity contribution in [1.82, 2.24) is 20.1 Å². The van der Waals surface area contributed by atoms with Crippen LogP contribution in [0.3, 0.4) is 0 Å². The first-order valence-electron chi connectivity index (χ1n) is 10.7. The van der Waals surface area contributed by atoms with Crippen molar-refractivity contribution in [2.45, 2.75) is 23.1 Å². The van der Waals surface area contributed by atoms with Crippen LogP contribution in [-0.4, -0.2) is 51.9 Å². The van der Waals surface area contributed by atoms with E-state index in [2.05, 4.69) is 27.6 Å². The van der Waals surface area contributed by atoms with Crippen molar-refractivity contribution >= 4 is 61.4 Å². The monoisotopic (exact) mass is 497 g/mol. The number of carbonyl (C=O) groups excluding carboxylic acids is 1. The molecule has 33 heavy (non-hydrogen) atoms. The van der Waals surface area contributed by atoms with Gasteiger partial charge in [-0.1, -0.05) is 47.4 Å². The number of para-hydroxylation sites is 3. The van der Waals surface area contributed by atoms with Gasteiger partial charge in [0, 0.05) is 19.0 Å². The van der Waals surface area contributed by atoms with Crippen LogP contribution >= 0.6 is 34.4 Å². The fourth-order valence-corrected chi connectivity index (χ4v) is 6.63. The molecule has 2 aromatic heterocycles. The smallest absolute Gasteiger partial charge is 0.233 e. The molecule has 1 N–H and O–H groups in total. The zero-order valence-corrected chi connectivity index (χ0v) is 20.5. The number of hydrogen-bond donors (Lipinski definition) is 1. The van der Waals surface area contributed by atoms with Crippen LogP contribution in [0.5, 0.6) is 5.75 Å².